The first-order valence-electron chi connectivity index (χ1n) is 8.86. The van der Waals surface area contributed by atoms with Crippen molar-refractivity contribution in [2.75, 3.05) is 23.3 Å². The van der Waals surface area contributed by atoms with E-state index in [1.807, 2.05) is 18.5 Å². The Labute approximate surface area is 148 Å². The minimum atomic E-state index is -0.0706. The topological polar surface area (TPSA) is 75.9 Å². The van der Waals surface area contributed by atoms with Crippen molar-refractivity contribution in [3.63, 3.8) is 0 Å². The molecule has 0 radical (unpaired) electrons. The van der Waals surface area contributed by atoms with Crippen molar-refractivity contribution < 1.29 is 4.79 Å². The Morgan fingerprint density at radius 1 is 1.28 bits per heavy atom. The molecule has 1 N–H and O–H groups in total. The van der Waals surface area contributed by atoms with Crippen LogP contribution in [0.5, 0.6) is 0 Å². The molecular formula is C18H26N6O. The lowest BCUT2D eigenvalue weighted by atomic mass is 9.97. The Morgan fingerprint density at radius 2 is 2.00 bits per heavy atom. The molecule has 2 aromatic heterocycles. The number of hydrogen-bond donors (Lipinski definition) is 1. The monoisotopic (exact) mass is 342 g/mol. The van der Waals surface area contributed by atoms with Crippen LogP contribution < -0.4 is 10.2 Å². The van der Waals surface area contributed by atoms with E-state index in [0.717, 1.165) is 36.5 Å². The number of aromatic nitrogens is 4. The molecule has 25 heavy (non-hydrogen) atoms. The van der Waals surface area contributed by atoms with Gasteiger partial charge in [0.05, 0.1) is 23.0 Å². The normalized spacial score (nSPS) is 17.8. The molecule has 7 heteroatoms. The van der Waals surface area contributed by atoms with Gasteiger partial charge >= 0.3 is 0 Å². The molecule has 1 fully saturated rings. The third kappa shape index (κ3) is 3.65. The molecular weight excluding hydrogens is 316 g/mol. The average molecular weight is 342 g/mol. The lowest BCUT2D eigenvalue weighted by Crippen LogP contribution is -2.41. The summed E-state index contributed by atoms with van der Waals surface area (Å²) in [6, 6.07) is 2.07. The largest absolute Gasteiger partial charge is 0.340 e. The molecule has 0 bridgehead atoms. The molecule has 2 aromatic rings. The lowest BCUT2D eigenvalue weighted by Gasteiger charge is -2.31. The van der Waals surface area contributed by atoms with Crippen molar-refractivity contribution in [1.29, 1.82) is 0 Å². The Balaban J connectivity index is 1.71. The number of amides is 1. The van der Waals surface area contributed by atoms with E-state index in [2.05, 4.69) is 39.1 Å². The SMILES string of the molecule is Cc1nn(C(C)C)c(C)c1NC(=O)C1CCCN(c2ncccn2)C1. The Kier molecular flexibility index (Phi) is 5.01. The van der Waals surface area contributed by atoms with Gasteiger partial charge in [-0.2, -0.15) is 5.10 Å². The van der Waals surface area contributed by atoms with Crippen molar-refractivity contribution in [3.8, 4) is 0 Å². The Morgan fingerprint density at radius 3 is 2.64 bits per heavy atom. The summed E-state index contributed by atoms with van der Waals surface area (Å²) in [4.78, 5) is 23.5. The van der Waals surface area contributed by atoms with E-state index in [0.29, 0.717) is 12.5 Å². The van der Waals surface area contributed by atoms with Gasteiger partial charge in [-0.25, -0.2) is 9.97 Å². The number of nitrogens with zero attached hydrogens (tertiary/aromatic N) is 5. The molecule has 0 spiro atoms. The van der Waals surface area contributed by atoms with Crippen molar-refractivity contribution in [1.82, 2.24) is 19.7 Å². The minimum absolute atomic E-state index is 0.0511. The summed E-state index contributed by atoms with van der Waals surface area (Å²) < 4.78 is 1.95. The molecule has 1 unspecified atom stereocenters. The van der Waals surface area contributed by atoms with E-state index in [1.54, 1.807) is 18.5 Å². The van der Waals surface area contributed by atoms with E-state index in [1.165, 1.54) is 0 Å². The van der Waals surface area contributed by atoms with Crippen molar-refractivity contribution in [2.24, 2.45) is 5.92 Å². The third-order valence-corrected chi connectivity index (χ3v) is 4.69. The van der Waals surface area contributed by atoms with Crippen molar-refractivity contribution >= 4 is 17.5 Å². The second-order valence-electron chi connectivity index (χ2n) is 6.91. The van der Waals surface area contributed by atoms with E-state index < -0.39 is 0 Å². The summed E-state index contributed by atoms with van der Waals surface area (Å²) in [6.07, 6.45) is 5.31. The Hall–Kier alpha value is -2.44. The number of carbonyl (C=O) groups excluding carboxylic acids is 1. The molecule has 1 amide bonds. The van der Waals surface area contributed by atoms with Crippen LogP contribution in [0.4, 0.5) is 11.6 Å². The first-order chi connectivity index (χ1) is 12.0. The summed E-state index contributed by atoms with van der Waals surface area (Å²) in [6.45, 7) is 9.64. The van der Waals surface area contributed by atoms with Crippen LogP contribution in [0.3, 0.4) is 0 Å². The standard InChI is InChI=1S/C18H26N6O/c1-12(2)24-14(4)16(13(3)22-24)21-17(25)15-7-5-10-23(11-15)18-19-8-6-9-20-18/h6,8-9,12,15H,5,7,10-11H2,1-4H3,(H,21,25). The van der Waals surface area contributed by atoms with Crippen LogP contribution in [0.25, 0.3) is 0 Å². The maximum absolute atomic E-state index is 12.8. The van der Waals surface area contributed by atoms with Crippen LogP contribution in [0.2, 0.25) is 0 Å². The lowest BCUT2D eigenvalue weighted by molar-refractivity contribution is -0.120. The Bertz CT molecular complexity index is 740. The predicted octanol–water partition coefficient (Wildman–Crippen LogP) is 2.73. The highest BCUT2D eigenvalue weighted by Crippen LogP contribution is 2.25. The maximum atomic E-state index is 12.8. The first-order valence-corrected chi connectivity index (χ1v) is 8.86. The van der Waals surface area contributed by atoms with Crippen LogP contribution in [-0.2, 0) is 4.79 Å². The summed E-state index contributed by atoms with van der Waals surface area (Å²) in [5.74, 6) is 0.675. The molecule has 0 saturated carbocycles. The fourth-order valence-corrected chi connectivity index (χ4v) is 3.40. The number of aryl methyl sites for hydroxylation is 1. The van der Waals surface area contributed by atoms with Gasteiger partial charge in [0.15, 0.2) is 0 Å². The van der Waals surface area contributed by atoms with Gasteiger partial charge in [0.1, 0.15) is 0 Å². The number of piperidine rings is 1. The van der Waals surface area contributed by atoms with Gasteiger partial charge in [-0.1, -0.05) is 0 Å². The van der Waals surface area contributed by atoms with Gasteiger partial charge < -0.3 is 10.2 Å². The van der Waals surface area contributed by atoms with Gasteiger partial charge in [-0.3, -0.25) is 9.48 Å². The second-order valence-corrected chi connectivity index (χ2v) is 6.91. The third-order valence-electron chi connectivity index (χ3n) is 4.69. The number of hydrogen-bond acceptors (Lipinski definition) is 5. The van der Waals surface area contributed by atoms with Gasteiger partial charge in [-0.05, 0) is 46.6 Å². The highest BCUT2D eigenvalue weighted by Gasteiger charge is 2.28. The molecule has 1 saturated heterocycles. The molecule has 0 aromatic carbocycles. The molecule has 3 rings (SSSR count). The number of anilines is 2. The van der Waals surface area contributed by atoms with Gasteiger partial charge in [0.2, 0.25) is 11.9 Å². The fourth-order valence-electron chi connectivity index (χ4n) is 3.40. The zero-order chi connectivity index (χ0) is 18.0. The summed E-state index contributed by atoms with van der Waals surface area (Å²) in [7, 11) is 0. The molecule has 0 aliphatic carbocycles. The maximum Gasteiger partial charge on any atom is 0.229 e. The molecule has 1 aliphatic rings. The first kappa shape index (κ1) is 17.4. The quantitative estimate of drug-likeness (QED) is 0.924. The molecule has 1 atom stereocenters. The van der Waals surface area contributed by atoms with Crippen LogP contribution >= 0.6 is 0 Å². The van der Waals surface area contributed by atoms with Gasteiger partial charge in [-0.15, -0.1) is 0 Å². The van der Waals surface area contributed by atoms with E-state index in [9.17, 15) is 4.79 Å². The zero-order valence-corrected chi connectivity index (χ0v) is 15.4. The highest BCUT2D eigenvalue weighted by atomic mass is 16.2. The molecule has 134 valence electrons. The molecule has 1 aliphatic heterocycles. The zero-order valence-electron chi connectivity index (χ0n) is 15.4. The van der Waals surface area contributed by atoms with Crippen molar-refractivity contribution in [2.45, 2.75) is 46.6 Å². The van der Waals surface area contributed by atoms with Crippen molar-refractivity contribution in [3.05, 3.63) is 29.8 Å². The number of nitrogens with one attached hydrogen (secondary N) is 1. The van der Waals surface area contributed by atoms with Gasteiger partial charge in [0.25, 0.3) is 0 Å². The fraction of sp³-hybridized carbons (Fsp3) is 0.556. The van der Waals surface area contributed by atoms with Crippen LogP contribution in [0, 0.1) is 19.8 Å². The van der Waals surface area contributed by atoms with Crippen LogP contribution in [0.1, 0.15) is 44.1 Å². The average Bonchev–Trinajstić information content (AvgIpc) is 2.91. The summed E-state index contributed by atoms with van der Waals surface area (Å²) >= 11 is 0. The predicted molar refractivity (Wildman–Crippen MR) is 97.7 cm³/mol. The summed E-state index contributed by atoms with van der Waals surface area (Å²) in [5.41, 5.74) is 2.70. The molecule has 3 heterocycles. The van der Waals surface area contributed by atoms with Crippen LogP contribution in [0.15, 0.2) is 18.5 Å². The second kappa shape index (κ2) is 7.21. The smallest absolute Gasteiger partial charge is 0.229 e. The van der Waals surface area contributed by atoms with Crippen LogP contribution in [-0.4, -0.2) is 38.7 Å². The number of rotatable bonds is 4. The van der Waals surface area contributed by atoms with E-state index in [-0.39, 0.29) is 17.9 Å². The van der Waals surface area contributed by atoms with Gasteiger partial charge in [0, 0.05) is 31.5 Å². The van der Waals surface area contributed by atoms with E-state index >= 15 is 0 Å². The minimum Gasteiger partial charge on any atom is -0.340 e. The van der Waals surface area contributed by atoms with E-state index in [4.69, 9.17) is 0 Å². The highest BCUT2D eigenvalue weighted by molar-refractivity contribution is 5.94. The summed E-state index contributed by atoms with van der Waals surface area (Å²) in [5, 5.41) is 7.65. The molecule has 7 nitrogen and oxygen atoms in total. The number of carbonyl (C=O) groups is 1.